The maximum absolute atomic E-state index is 14.1. The zero-order chi connectivity index (χ0) is 36.7. The van der Waals surface area contributed by atoms with Crippen LogP contribution in [0.1, 0.15) is 95.9 Å². The van der Waals surface area contributed by atoms with Crippen LogP contribution in [-0.4, -0.2) is 113 Å². The average molecular weight is 670 g/mol. The van der Waals surface area contributed by atoms with Gasteiger partial charge in [-0.15, -0.1) is 0 Å². The minimum atomic E-state index is -1.42. The SMILES string of the molecule is CCC(C)C1OC(=O)C(CC(C)C)N(C)C(O)C(C(C)C)OC(=O)C(C(C)C)N(C)C(=O)C(C(C)C)OC(=O)C(C(C)C)N(C)C1=O. The molecule has 12 nitrogen and oxygen atoms in total. The smallest absolute Gasteiger partial charge is 0.329 e. The molecule has 1 saturated heterocycles. The molecule has 272 valence electrons. The lowest BCUT2D eigenvalue weighted by Crippen LogP contribution is -2.58. The molecule has 0 saturated carbocycles. The summed E-state index contributed by atoms with van der Waals surface area (Å²) in [4.78, 5) is 73.5. The monoisotopic (exact) mass is 669 g/mol. The van der Waals surface area contributed by atoms with Gasteiger partial charge >= 0.3 is 17.9 Å². The fraction of sp³-hybridized carbons (Fsp3) is 0.857. The lowest BCUT2D eigenvalue weighted by atomic mass is 9.96. The number of aliphatic hydroxyl groups is 1. The Hall–Kier alpha value is -2.73. The van der Waals surface area contributed by atoms with Crippen molar-refractivity contribution in [3.8, 4) is 0 Å². The number of nitrogens with zero attached hydrogens (tertiary/aromatic N) is 3. The topological polar surface area (TPSA) is 143 Å². The first-order valence-electron chi connectivity index (χ1n) is 17.1. The highest BCUT2D eigenvalue weighted by Gasteiger charge is 2.45. The Kier molecular flexibility index (Phi) is 16.3. The normalized spacial score (nSPS) is 29.4. The van der Waals surface area contributed by atoms with Gasteiger partial charge in [-0.1, -0.05) is 83.1 Å². The second-order valence-corrected chi connectivity index (χ2v) is 15.0. The predicted octanol–water partition coefficient (Wildman–Crippen LogP) is 3.72. The molecule has 1 N–H and O–H groups in total. The van der Waals surface area contributed by atoms with E-state index < -0.39 is 96.1 Å². The minimum absolute atomic E-state index is 0.000453. The minimum Gasteiger partial charge on any atom is -0.456 e. The maximum Gasteiger partial charge on any atom is 0.329 e. The van der Waals surface area contributed by atoms with E-state index in [2.05, 4.69) is 0 Å². The van der Waals surface area contributed by atoms with Gasteiger partial charge in [-0.05, 0) is 49.5 Å². The van der Waals surface area contributed by atoms with Gasteiger partial charge < -0.3 is 29.1 Å². The fourth-order valence-electron chi connectivity index (χ4n) is 5.96. The lowest BCUT2D eigenvalue weighted by molar-refractivity contribution is -0.189. The summed E-state index contributed by atoms with van der Waals surface area (Å²) >= 11 is 0. The number of aliphatic hydroxyl groups excluding tert-OH is 1. The van der Waals surface area contributed by atoms with Crippen molar-refractivity contribution in [1.82, 2.24) is 14.7 Å². The molecule has 1 heterocycles. The highest BCUT2D eigenvalue weighted by molar-refractivity contribution is 5.92. The molecular weight excluding hydrogens is 606 g/mol. The number of esters is 3. The van der Waals surface area contributed by atoms with E-state index in [1.54, 1.807) is 69.4 Å². The summed E-state index contributed by atoms with van der Waals surface area (Å²) in [7, 11) is 4.48. The Morgan fingerprint density at radius 1 is 0.617 bits per heavy atom. The van der Waals surface area contributed by atoms with Crippen LogP contribution in [0, 0.1) is 35.5 Å². The number of amides is 2. The standard InChI is InChI=1S/C35H63N3O9/c1-16-23(12)29-32(41)38(15)26(20(6)7)35(44)46-28(22(10)11)31(40)37(14)25(19(4)5)34(43)45-27(21(8)9)30(39)36(13)24(17-18(2)3)33(42)47-29/h18-30,39H,16-17H2,1-15H3. The van der Waals surface area contributed by atoms with Crippen LogP contribution in [0.25, 0.3) is 0 Å². The van der Waals surface area contributed by atoms with Gasteiger partial charge in [-0.2, -0.15) is 0 Å². The Morgan fingerprint density at radius 3 is 1.43 bits per heavy atom. The molecule has 0 aromatic carbocycles. The molecule has 0 radical (unpaired) electrons. The first-order valence-corrected chi connectivity index (χ1v) is 17.1. The molecule has 0 spiro atoms. The van der Waals surface area contributed by atoms with Gasteiger partial charge in [0.25, 0.3) is 11.8 Å². The first kappa shape index (κ1) is 42.3. The third-order valence-electron chi connectivity index (χ3n) is 9.09. The highest BCUT2D eigenvalue weighted by atomic mass is 16.6. The van der Waals surface area contributed by atoms with Gasteiger partial charge in [0.2, 0.25) is 0 Å². The van der Waals surface area contributed by atoms with Crippen molar-refractivity contribution in [1.29, 1.82) is 0 Å². The van der Waals surface area contributed by atoms with E-state index in [9.17, 15) is 29.1 Å². The summed E-state index contributed by atoms with van der Waals surface area (Å²) in [5.74, 6) is -5.48. The summed E-state index contributed by atoms with van der Waals surface area (Å²) in [6.45, 7) is 21.6. The van der Waals surface area contributed by atoms with E-state index in [4.69, 9.17) is 14.2 Å². The molecule has 12 heteroatoms. The van der Waals surface area contributed by atoms with Crippen LogP contribution in [-0.2, 0) is 38.2 Å². The molecule has 0 aromatic heterocycles. The van der Waals surface area contributed by atoms with Crippen molar-refractivity contribution in [2.24, 2.45) is 35.5 Å². The van der Waals surface area contributed by atoms with Crippen LogP contribution in [0.3, 0.4) is 0 Å². The number of carbonyl (C=O) groups is 5. The Balaban J connectivity index is 3.97. The number of rotatable bonds is 8. The zero-order valence-electron chi connectivity index (χ0n) is 31.5. The van der Waals surface area contributed by atoms with E-state index in [1.165, 1.54) is 28.8 Å². The zero-order valence-corrected chi connectivity index (χ0v) is 31.5. The largest absolute Gasteiger partial charge is 0.456 e. The molecule has 2 amide bonds. The quantitative estimate of drug-likeness (QED) is 0.300. The summed E-state index contributed by atoms with van der Waals surface area (Å²) < 4.78 is 17.8. The number of ether oxygens (including phenoxy) is 3. The van der Waals surface area contributed by atoms with Crippen LogP contribution in [0.5, 0.6) is 0 Å². The van der Waals surface area contributed by atoms with Crippen LogP contribution in [0.4, 0.5) is 0 Å². The summed E-state index contributed by atoms with van der Waals surface area (Å²) in [5, 5.41) is 11.6. The number of cyclic esters (lactones) is 3. The molecule has 47 heavy (non-hydrogen) atoms. The van der Waals surface area contributed by atoms with Gasteiger partial charge in [0, 0.05) is 20.0 Å². The summed E-state index contributed by atoms with van der Waals surface area (Å²) in [5.41, 5.74) is 0. The van der Waals surface area contributed by atoms with Crippen molar-refractivity contribution in [2.75, 3.05) is 21.1 Å². The molecule has 1 aliphatic rings. The second kappa shape index (κ2) is 18.1. The third-order valence-corrected chi connectivity index (χ3v) is 9.09. The van der Waals surface area contributed by atoms with Crippen molar-refractivity contribution >= 4 is 29.7 Å². The lowest BCUT2D eigenvalue weighted by Gasteiger charge is -2.40. The Bertz CT molecular complexity index is 1080. The van der Waals surface area contributed by atoms with Crippen LogP contribution in [0.15, 0.2) is 0 Å². The molecule has 0 aromatic rings. The van der Waals surface area contributed by atoms with Crippen molar-refractivity contribution in [2.45, 2.75) is 139 Å². The molecule has 1 aliphatic heterocycles. The molecule has 1 fully saturated rings. The summed E-state index contributed by atoms with van der Waals surface area (Å²) in [6, 6.07) is -3.16. The number of hydrogen-bond donors (Lipinski definition) is 1. The number of hydrogen-bond acceptors (Lipinski definition) is 10. The van der Waals surface area contributed by atoms with Crippen molar-refractivity contribution in [3.63, 3.8) is 0 Å². The highest BCUT2D eigenvalue weighted by Crippen LogP contribution is 2.26. The van der Waals surface area contributed by atoms with E-state index in [0.717, 1.165) is 0 Å². The van der Waals surface area contributed by atoms with Gasteiger partial charge in [0.1, 0.15) is 30.5 Å². The predicted molar refractivity (Wildman–Crippen MR) is 179 cm³/mol. The third kappa shape index (κ3) is 10.6. The molecule has 0 aliphatic carbocycles. The van der Waals surface area contributed by atoms with Crippen molar-refractivity contribution < 1.29 is 43.3 Å². The number of likely N-dealkylation sites (N-methyl/N-ethyl adjacent to an activating group) is 3. The van der Waals surface area contributed by atoms with Gasteiger partial charge in [0.15, 0.2) is 12.2 Å². The maximum atomic E-state index is 14.1. The summed E-state index contributed by atoms with van der Waals surface area (Å²) in [6.07, 6.45) is -4.21. The van der Waals surface area contributed by atoms with Crippen LogP contribution < -0.4 is 0 Å². The van der Waals surface area contributed by atoms with E-state index in [1.807, 2.05) is 20.8 Å². The van der Waals surface area contributed by atoms with Crippen molar-refractivity contribution in [3.05, 3.63) is 0 Å². The molecular formula is C35H63N3O9. The van der Waals surface area contributed by atoms with Crippen LogP contribution in [0.2, 0.25) is 0 Å². The van der Waals surface area contributed by atoms with Gasteiger partial charge in [-0.3, -0.25) is 19.3 Å². The molecule has 0 bridgehead atoms. The van der Waals surface area contributed by atoms with E-state index >= 15 is 0 Å². The Labute approximate surface area is 282 Å². The van der Waals surface area contributed by atoms with Gasteiger partial charge in [-0.25, -0.2) is 9.59 Å². The Morgan fingerprint density at radius 2 is 1.04 bits per heavy atom. The van der Waals surface area contributed by atoms with Crippen LogP contribution >= 0.6 is 0 Å². The number of carbonyl (C=O) groups excluding carboxylic acids is 5. The first-order chi connectivity index (χ1) is 21.6. The van der Waals surface area contributed by atoms with E-state index in [-0.39, 0.29) is 18.3 Å². The average Bonchev–Trinajstić information content (AvgIpc) is 2.96. The molecule has 8 unspecified atom stereocenters. The second-order valence-electron chi connectivity index (χ2n) is 15.0. The van der Waals surface area contributed by atoms with E-state index in [0.29, 0.717) is 6.42 Å². The molecule has 1 rings (SSSR count). The fourth-order valence-corrected chi connectivity index (χ4v) is 5.96. The molecule has 8 atom stereocenters. The van der Waals surface area contributed by atoms with Gasteiger partial charge in [0.05, 0.1) is 0 Å².